The van der Waals surface area contributed by atoms with E-state index < -0.39 is 0 Å². The molecule has 4 aromatic carbocycles. The number of nitrogens with zero attached hydrogens (tertiary/aromatic N) is 1. The molecule has 0 saturated carbocycles. The van der Waals surface area contributed by atoms with E-state index in [1.807, 2.05) is 72.9 Å². The molecule has 0 bridgehead atoms. The third-order valence-electron chi connectivity index (χ3n) is 4.93. The molecule has 0 unspecified atom stereocenters. The topological polar surface area (TPSA) is 40.0 Å². The third kappa shape index (κ3) is 6.35. The summed E-state index contributed by atoms with van der Waals surface area (Å²) in [4.78, 5) is 4.59. The van der Waals surface area contributed by atoms with Crippen molar-refractivity contribution in [3.05, 3.63) is 111 Å². The Balaban J connectivity index is 1.44. The van der Waals surface area contributed by atoms with Crippen LogP contribution in [-0.2, 0) is 6.61 Å². The lowest BCUT2D eigenvalue weighted by Gasteiger charge is -2.13. The quantitative estimate of drug-likeness (QED) is 0.167. The standard InChI is InChI=1S/C28H24INO3/c1-20-8-10-21(11-9-20)19-32-28-26(29)16-22(17-27(28)31-2)18-30-23-12-14-25(15-13-23)33-24-6-4-3-5-7-24/h3-18H,19H2,1-2H3. The van der Waals surface area contributed by atoms with Crippen LogP contribution in [0.2, 0.25) is 0 Å². The molecule has 0 atom stereocenters. The van der Waals surface area contributed by atoms with Crippen LogP contribution in [0.5, 0.6) is 23.0 Å². The van der Waals surface area contributed by atoms with Gasteiger partial charge in [-0.15, -0.1) is 0 Å². The smallest absolute Gasteiger partial charge is 0.174 e. The van der Waals surface area contributed by atoms with Crippen LogP contribution in [0.4, 0.5) is 5.69 Å². The summed E-state index contributed by atoms with van der Waals surface area (Å²) in [5.41, 5.74) is 4.12. The van der Waals surface area contributed by atoms with Crippen molar-refractivity contribution in [1.82, 2.24) is 0 Å². The largest absolute Gasteiger partial charge is 0.493 e. The van der Waals surface area contributed by atoms with Gasteiger partial charge in [-0.25, -0.2) is 0 Å². The molecule has 0 N–H and O–H groups in total. The first kappa shape index (κ1) is 22.9. The molecule has 4 nitrogen and oxygen atoms in total. The van der Waals surface area contributed by atoms with Crippen molar-refractivity contribution in [2.24, 2.45) is 4.99 Å². The van der Waals surface area contributed by atoms with E-state index in [1.165, 1.54) is 5.56 Å². The highest BCUT2D eigenvalue weighted by molar-refractivity contribution is 14.1. The molecular weight excluding hydrogens is 525 g/mol. The summed E-state index contributed by atoms with van der Waals surface area (Å²) in [6.07, 6.45) is 1.82. The van der Waals surface area contributed by atoms with E-state index in [-0.39, 0.29) is 0 Å². The van der Waals surface area contributed by atoms with Gasteiger partial charge in [-0.3, -0.25) is 4.99 Å². The zero-order valence-electron chi connectivity index (χ0n) is 18.5. The predicted molar refractivity (Wildman–Crippen MR) is 141 cm³/mol. The van der Waals surface area contributed by atoms with Gasteiger partial charge in [-0.1, -0.05) is 48.0 Å². The summed E-state index contributed by atoms with van der Waals surface area (Å²) in [6.45, 7) is 2.56. The van der Waals surface area contributed by atoms with Gasteiger partial charge in [-0.2, -0.15) is 0 Å². The fourth-order valence-electron chi connectivity index (χ4n) is 3.17. The Hall–Kier alpha value is -3.32. The number of aliphatic imine (C=N–C) groups is 1. The van der Waals surface area contributed by atoms with Gasteiger partial charge in [0.15, 0.2) is 11.5 Å². The molecule has 0 spiro atoms. The molecule has 4 rings (SSSR count). The fourth-order valence-corrected chi connectivity index (χ4v) is 3.95. The first-order valence-corrected chi connectivity index (χ1v) is 11.6. The van der Waals surface area contributed by atoms with Crippen LogP contribution >= 0.6 is 22.6 Å². The lowest BCUT2D eigenvalue weighted by atomic mass is 10.1. The summed E-state index contributed by atoms with van der Waals surface area (Å²) in [5.74, 6) is 2.99. The van der Waals surface area contributed by atoms with Gasteiger partial charge in [0.2, 0.25) is 0 Å². The number of methoxy groups -OCH3 is 1. The van der Waals surface area contributed by atoms with Crippen molar-refractivity contribution in [2.45, 2.75) is 13.5 Å². The van der Waals surface area contributed by atoms with Crippen LogP contribution in [0.1, 0.15) is 16.7 Å². The molecular formula is C28H24INO3. The highest BCUT2D eigenvalue weighted by Gasteiger charge is 2.11. The molecule has 166 valence electrons. The Kier molecular flexibility index (Phi) is 7.62. The number of hydrogen-bond donors (Lipinski definition) is 0. The summed E-state index contributed by atoms with van der Waals surface area (Å²) < 4.78 is 18.5. The van der Waals surface area contributed by atoms with Crippen molar-refractivity contribution in [3.8, 4) is 23.0 Å². The van der Waals surface area contributed by atoms with Crippen LogP contribution in [-0.4, -0.2) is 13.3 Å². The lowest BCUT2D eigenvalue weighted by molar-refractivity contribution is 0.282. The number of rotatable bonds is 8. The van der Waals surface area contributed by atoms with Gasteiger partial charge in [0, 0.05) is 6.21 Å². The molecule has 4 aromatic rings. The Labute approximate surface area is 208 Å². The normalized spacial score (nSPS) is 10.9. The maximum absolute atomic E-state index is 6.07. The molecule has 33 heavy (non-hydrogen) atoms. The predicted octanol–water partition coefficient (Wildman–Crippen LogP) is 7.73. The van der Waals surface area contributed by atoms with Gasteiger partial charge in [0.05, 0.1) is 16.4 Å². The number of benzene rings is 4. The number of aryl methyl sites for hydroxylation is 1. The zero-order valence-corrected chi connectivity index (χ0v) is 20.7. The van der Waals surface area contributed by atoms with Crippen LogP contribution in [0.25, 0.3) is 0 Å². The van der Waals surface area contributed by atoms with E-state index in [9.17, 15) is 0 Å². The maximum atomic E-state index is 6.07. The summed E-state index contributed by atoms with van der Waals surface area (Å²) in [5, 5.41) is 0. The minimum absolute atomic E-state index is 0.484. The first-order valence-electron chi connectivity index (χ1n) is 10.5. The van der Waals surface area contributed by atoms with Gasteiger partial charge in [-0.05, 0) is 89.2 Å². The highest BCUT2D eigenvalue weighted by Crippen LogP contribution is 2.34. The Bertz CT molecular complexity index is 1220. The Morgan fingerprint density at radius 3 is 2.24 bits per heavy atom. The second-order valence-corrected chi connectivity index (χ2v) is 8.64. The molecule has 0 fully saturated rings. The third-order valence-corrected chi connectivity index (χ3v) is 5.74. The molecule has 0 aliphatic rings. The van der Waals surface area contributed by atoms with E-state index >= 15 is 0 Å². The van der Waals surface area contributed by atoms with Gasteiger partial charge < -0.3 is 14.2 Å². The van der Waals surface area contributed by atoms with Gasteiger partial charge >= 0.3 is 0 Å². The number of ether oxygens (including phenoxy) is 3. The first-order chi connectivity index (χ1) is 16.1. The molecule has 0 aliphatic heterocycles. The maximum Gasteiger partial charge on any atom is 0.174 e. The molecule has 0 amide bonds. The van der Waals surface area contributed by atoms with E-state index in [0.29, 0.717) is 12.4 Å². The Morgan fingerprint density at radius 2 is 1.55 bits per heavy atom. The monoisotopic (exact) mass is 549 g/mol. The van der Waals surface area contributed by atoms with E-state index in [4.69, 9.17) is 14.2 Å². The van der Waals surface area contributed by atoms with Crippen LogP contribution in [0.15, 0.2) is 96.0 Å². The second kappa shape index (κ2) is 11.0. The average Bonchev–Trinajstić information content (AvgIpc) is 2.84. The van der Waals surface area contributed by atoms with E-state index in [0.717, 1.165) is 37.6 Å². The number of halogens is 1. The van der Waals surface area contributed by atoms with Crippen LogP contribution < -0.4 is 14.2 Å². The number of hydrogen-bond acceptors (Lipinski definition) is 4. The van der Waals surface area contributed by atoms with Crippen molar-refractivity contribution < 1.29 is 14.2 Å². The SMILES string of the molecule is COc1cc(C=Nc2ccc(Oc3ccccc3)cc2)cc(I)c1OCc1ccc(C)cc1. The van der Waals surface area contributed by atoms with Crippen molar-refractivity contribution in [2.75, 3.05) is 7.11 Å². The van der Waals surface area contributed by atoms with Crippen molar-refractivity contribution in [3.63, 3.8) is 0 Å². The van der Waals surface area contributed by atoms with Crippen LogP contribution in [0.3, 0.4) is 0 Å². The van der Waals surface area contributed by atoms with Gasteiger partial charge in [0.1, 0.15) is 18.1 Å². The summed E-state index contributed by atoms with van der Waals surface area (Å²) in [7, 11) is 1.65. The van der Waals surface area contributed by atoms with Crippen molar-refractivity contribution in [1.29, 1.82) is 0 Å². The lowest BCUT2D eigenvalue weighted by Crippen LogP contribution is -2.00. The molecule has 5 heteroatoms. The molecule has 0 heterocycles. The van der Waals surface area contributed by atoms with E-state index in [2.05, 4.69) is 58.8 Å². The minimum atomic E-state index is 0.484. The number of para-hydroxylation sites is 1. The fraction of sp³-hybridized carbons (Fsp3) is 0.107. The van der Waals surface area contributed by atoms with Gasteiger partial charge in [0.25, 0.3) is 0 Å². The minimum Gasteiger partial charge on any atom is -0.493 e. The summed E-state index contributed by atoms with van der Waals surface area (Å²) in [6, 6.07) is 29.7. The van der Waals surface area contributed by atoms with Crippen LogP contribution in [0, 0.1) is 10.5 Å². The molecule has 0 saturated heterocycles. The highest BCUT2D eigenvalue weighted by atomic mass is 127. The Morgan fingerprint density at radius 1 is 0.848 bits per heavy atom. The molecule has 0 radical (unpaired) electrons. The average molecular weight is 549 g/mol. The molecule has 0 aliphatic carbocycles. The van der Waals surface area contributed by atoms with E-state index in [1.54, 1.807) is 7.11 Å². The zero-order chi connectivity index (χ0) is 23.0. The second-order valence-electron chi connectivity index (χ2n) is 7.48. The summed E-state index contributed by atoms with van der Waals surface area (Å²) >= 11 is 2.27. The van der Waals surface area contributed by atoms with Crippen molar-refractivity contribution >= 4 is 34.5 Å². The molecule has 0 aromatic heterocycles.